The molecule has 1 atom stereocenters. The Hall–Kier alpha value is -2.41. The van der Waals surface area contributed by atoms with Gasteiger partial charge in [-0.05, 0) is 55.9 Å². The van der Waals surface area contributed by atoms with E-state index in [-0.39, 0.29) is 6.23 Å². The van der Waals surface area contributed by atoms with Crippen molar-refractivity contribution < 1.29 is 5.11 Å². The van der Waals surface area contributed by atoms with Crippen LogP contribution in [0, 0.1) is 5.92 Å². The Balaban J connectivity index is 1.18. The number of aliphatic hydroxyl groups is 1. The third-order valence-corrected chi connectivity index (χ3v) is 7.91. The summed E-state index contributed by atoms with van der Waals surface area (Å²) in [5.74, 6) is 1.17. The van der Waals surface area contributed by atoms with Gasteiger partial charge in [-0.3, -0.25) is 9.80 Å². The van der Waals surface area contributed by atoms with Crippen LogP contribution >= 0.6 is 0 Å². The van der Waals surface area contributed by atoms with Gasteiger partial charge in [0.25, 0.3) is 0 Å². The largest absolute Gasteiger partial charge is 0.378 e. The minimum atomic E-state index is -0.249. The lowest BCUT2D eigenvalue weighted by atomic mass is 9.89. The summed E-state index contributed by atoms with van der Waals surface area (Å²) in [6.45, 7) is 10.6. The number of aromatic nitrogens is 2. The van der Waals surface area contributed by atoms with Crippen molar-refractivity contribution in [1.82, 2.24) is 19.4 Å². The molecule has 3 fully saturated rings. The highest BCUT2D eigenvalue weighted by Gasteiger charge is 2.35. The van der Waals surface area contributed by atoms with Crippen LogP contribution in [0.25, 0.3) is 16.6 Å². The van der Waals surface area contributed by atoms with Crippen LogP contribution in [-0.4, -0.2) is 76.1 Å². The zero-order valence-electron chi connectivity index (χ0n) is 19.8. The second-order valence-electron chi connectivity index (χ2n) is 10.4. The van der Waals surface area contributed by atoms with Gasteiger partial charge in [-0.15, -0.1) is 0 Å². The summed E-state index contributed by atoms with van der Waals surface area (Å²) in [6, 6.07) is 14.2. The average molecular weight is 446 g/mol. The minimum absolute atomic E-state index is 0.249. The first kappa shape index (κ1) is 21.1. The lowest BCUT2D eigenvalue weighted by Gasteiger charge is -2.42. The van der Waals surface area contributed by atoms with Crippen molar-refractivity contribution in [2.45, 2.75) is 44.9 Å². The molecule has 6 nitrogen and oxygen atoms in total. The third kappa shape index (κ3) is 4.05. The Morgan fingerprint density at radius 2 is 1.64 bits per heavy atom. The highest BCUT2D eigenvalue weighted by atomic mass is 16.3. The summed E-state index contributed by atoms with van der Waals surface area (Å²) < 4.78 is 2.01. The predicted molar refractivity (Wildman–Crippen MR) is 133 cm³/mol. The number of rotatable bonds is 6. The van der Waals surface area contributed by atoms with Gasteiger partial charge < -0.3 is 10.0 Å². The molecule has 0 amide bonds. The number of hydrogen-bond donors (Lipinski definition) is 1. The van der Waals surface area contributed by atoms with E-state index >= 15 is 0 Å². The van der Waals surface area contributed by atoms with Gasteiger partial charge in [0.15, 0.2) is 0 Å². The quantitative estimate of drug-likeness (QED) is 0.628. The summed E-state index contributed by atoms with van der Waals surface area (Å²) in [5, 5.41) is 15.1. The molecule has 2 aliphatic heterocycles. The summed E-state index contributed by atoms with van der Waals surface area (Å²) in [6.07, 6.45) is 6.15. The van der Waals surface area contributed by atoms with Crippen molar-refractivity contribution in [3.8, 4) is 11.1 Å². The molecule has 4 heterocycles. The van der Waals surface area contributed by atoms with E-state index < -0.39 is 0 Å². The first-order valence-electron chi connectivity index (χ1n) is 12.6. The Morgan fingerprint density at radius 3 is 2.30 bits per heavy atom. The average Bonchev–Trinajstić information content (AvgIpc) is 3.56. The van der Waals surface area contributed by atoms with Crippen molar-refractivity contribution >= 4 is 11.2 Å². The summed E-state index contributed by atoms with van der Waals surface area (Å²) in [7, 11) is 0. The predicted octanol–water partition coefficient (Wildman–Crippen LogP) is 3.66. The van der Waals surface area contributed by atoms with Gasteiger partial charge >= 0.3 is 0 Å². The maximum Gasteiger partial charge on any atom is 0.110 e. The van der Waals surface area contributed by atoms with E-state index in [0.29, 0.717) is 17.9 Å². The van der Waals surface area contributed by atoms with Crippen LogP contribution in [0.3, 0.4) is 0 Å². The summed E-state index contributed by atoms with van der Waals surface area (Å²) in [5.41, 5.74) is 6.29. The molecule has 6 heteroatoms. The lowest BCUT2D eigenvalue weighted by molar-refractivity contribution is -0.0158. The van der Waals surface area contributed by atoms with Crippen molar-refractivity contribution in [3.05, 3.63) is 54.4 Å². The Bertz CT molecular complexity index is 1110. The fourth-order valence-corrected chi connectivity index (χ4v) is 5.44. The smallest absolute Gasteiger partial charge is 0.110 e. The van der Waals surface area contributed by atoms with E-state index in [1.54, 1.807) is 0 Å². The molecule has 3 aliphatic rings. The van der Waals surface area contributed by atoms with Gasteiger partial charge in [0, 0.05) is 69.2 Å². The fraction of sp³-hybridized carbons (Fsp3) is 0.519. The van der Waals surface area contributed by atoms with Crippen LogP contribution in [0.1, 0.15) is 38.2 Å². The first-order chi connectivity index (χ1) is 16.1. The highest BCUT2D eigenvalue weighted by molar-refractivity contribution is 5.80. The molecule has 1 N–H and O–H groups in total. The molecule has 174 valence electrons. The molecular formula is C27H35N5O. The molecule has 2 aromatic heterocycles. The van der Waals surface area contributed by atoms with Crippen molar-refractivity contribution in [3.63, 3.8) is 0 Å². The number of benzene rings is 1. The van der Waals surface area contributed by atoms with Crippen LogP contribution < -0.4 is 4.90 Å². The zero-order chi connectivity index (χ0) is 22.5. The number of likely N-dealkylation sites (tertiary alicyclic amines) is 1. The van der Waals surface area contributed by atoms with Gasteiger partial charge in [0.05, 0.1) is 11.2 Å². The molecule has 6 rings (SSSR count). The normalized spacial score (nSPS) is 21.6. The lowest BCUT2D eigenvalue weighted by Crippen LogP contribution is -2.51. The molecule has 2 saturated heterocycles. The Morgan fingerprint density at radius 1 is 0.909 bits per heavy atom. The maximum absolute atomic E-state index is 10.5. The molecule has 33 heavy (non-hydrogen) atoms. The van der Waals surface area contributed by atoms with E-state index in [9.17, 15) is 5.11 Å². The SMILES string of the molecule is CC(C)N1CC(c2ccc(-c3cc4c(N5CCN(C(O)C6CC6)CC5)ccnn4c3)cc2)C1. The molecule has 1 unspecified atom stereocenters. The van der Waals surface area contributed by atoms with Crippen LogP contribution in [0.2, 0.25) is 0 Å². The Labute approximate surface area is 196 Å². The van der Waals surface area contributed by atoms with Gasteiger partial charge in [-0.25, -0.2) is 4.52 Å². The van der Waals surface area contributed by atoms with Crippen LogP contribution in [0.4, 0.5) is 5.69 Å². The monoisotopic (exact) mass is 445 g/mol. The number of fused-ring (bicyclic) bond motifs is 1. The number of anilines is 1. The van der Waals surface area contributed by atoms with Gasteiger partial charge in [-0.2, -0.15) is 5.10 Å². The first-order valence-corrected chi connectivity index (χ1v) is 12.6. The second-order valence-corrected chi connectivity index (χ2v) is 10.4. The molecule has 1 saturated carbocycles. The summed E-state index contributed by atoms with van der Waals surface area (Å²) >= 11 is 0. The van der Waals surface area contributed by atoms with E-state index in [1.165, 1.54) is 48.3 Å². The number of aliphatic hydroxyl groups excluding tert-OH is 1. The van der Waals surface area contributed by atoms with Gasteiger partial charge in [0.1, 0.15) is 6.23 Å². The van der Waals surface area contributed by atoms with Crippen LogP contribution in [-0.2, 0) is 0 Å². The molecule has 0 spiro atoms. The van der Waals surface area contributed by atoms with E-state index in [2.05, 4.69) is 76.2 Å². The molecule has 3 aromatic rings. The van der Waals surface area contributed by atoms with E-state index in [4.69, 9.17) is 0 Å². The molecular weight excluding hydrogens is 410 g/mol. The van der Waals surface area contributed by atoms with Crippen molar-refractivity contribution in [1.29, 1.82) is 0 Å². The Kier molecular flexibility index (Phi) is 5.40. The molecule has 0 bridgehead atoms. The minimum Gasteiger partial charge on any atom is -0.378 e. The topological polar surface area (TPSA) is 47.2 Å². The number of nitrogens with zero attached hydrogens (tertiary/aromatic N) is 5. The molecule has 1 aromatic carbocycles. The third-order valence-electron chi connectivity index (χ3n) is 7.91. The number of piperazine rings is 1. The van der Waals surface area contributed by atoms with Gasteiger partial charge in [0.2, 0.25) is 0 Å². The second kappa shape index (κ2) is 8.42. The van der Waals surface area contributed by atoms with E-state index in [0.717, 1.165) is 31.7 Å². The maximum atomic E-state index is 10.5. The zero-order valence-corrected chi connectivity index (χ0v) is 19.8. The van der Waals surface area contributed by atoms with Gasteiger partial charge in [-0.1, -0.05) is 24.3 Å². The summed E-state index contributed by atoms with van der Waals surface area (Å²) in [4.78, 5) is 7.22. The highest BCUT2D eigenvalue weighted by Crippen LogP contribution is 2.35. The molecule has 1 aliphatic carbocycles. The van der Waals surface area contributed by atoms with Crippen LogP contribution in [0.5, 0.6) is 0 Å². The van der Waals surface area contributed by atoms with Crippen LogP contribution in [0.15, 0.2) is 48.8 Å². The standard InChI is InChI=1S/C27H35N5O/c1-19(2)31-16-24(17-31)21-5-3-20(4-6-21)23-15-26-25(9-10-28-32(26)18-23)29-11-13-30(14-12-29)27(33)22-7-8-22/h3-6,9-10,15,18-19,22,24,27,33H,7-8,11-14,16-17H2,1-2H3. The van der Waals surface area contributed by atoms with E-state index in [1.807, 2.05) is 10.7 Å². The van der Waals surface area contributed by atoms with Crippen molar-refractivity contribution in [2.75, 3.05) is 44.2 Å². The molecule has 0 radical (unpaired) electrons. The van der Waals surface area contributed by atoms with Crippen molar-refractivity contribution in [2.24, 2.45) is 5.92 Å². The number of hydrogen-bond acceptors (Lipinski definition) is 5. The fourth-order valence-electron chi connectivity index (χ4n) is 5.44.